The van der Waals surface area contributed by atoms with Gasteiger partial charge in [0.25, 0.3) is 0 Å². The van der Waals surface area contributed by atoms with E-state index in [-0.39, 0.29) is 11.8 Å². The van der Waals surface area contributed by atoms with Gasteiger partial charge in [0.15, 0.2) is 0 Å². The fraction of sp³-hybridized carbons (Fsp3) is 0.900. The number of nitrogens with two attached hydrogens (primary N) is 1. The zero-order chi connectivity index (χ0) is 11.4. The van der Waals surface area contributed by atoms with Gasteiger partial charge in [-0.05, 0) is 19.8 Å². The molecule has 1 atom stereocenters. The first-order valence-electron chi connectivity index (χ1n) is 4.97. The van der Waals surface area contributed by atoms with E-state index in [1.165, 1.54) is 0 Å². The number of nitrogens with one attached hydrogen (secondary N) is 1. The van der Waals surface area contributed by atoms with E-state index in [0.29, 0.717) is 13.1 Å². The minimum atomic E-state index is -0.559. The van der Waals surface area contributed by atoms with Crippen LogP contribution in [0.2, 0.25) is 0 Å². The minimum Gasteiger partial charge on any atom is -0.391 e. The van der Waals surface area contributed by atoms with Crippen molar-refractivity contribution in [2.45, 2.75) is 33.8 Å². The Morgan fingerprint density at radius 1 is 1.50 bits per heavy atom. The summed E-state index contributed by atoms with van der Waals surface area (Å²) in [6, 6.07) is 0. The highest BCUT2D eigenvalue weighted by Gasteiger charge is 2.26. The lowest BCUT2D eigenvalue weighted by Crippen LogP contribution is -2.45. The first kappa shape index (κ1) is 13.4. The fourth-order valence-corrected chi connectivity index (χ4v) is 0.765. The Labute approximate surface area is 85.9 Å². The van der Waals surface area contributed by atoms with Crippen molar-refractivity contribution in [2.24, 2.45) is 17.1 Å². The van der Waals surface area contributed by atoms with Gasteiger partial charge in [0.2, 0.25) is 5.91 Å². The van der Waals surface area contributed by atoms with Crippen molar-refractivity contribution in [2.75, 3.05) is 13.1 Å². The van der Waals surface area contributed by atoms with E-state index in [4.69, 9.17) is 5.73 Å². The average Bonchev–Trinajstić information content (AvgIpc) is 2.13. The predicted octanol–water partition coefficient (Wildman–Crippen LogP) is 0.104. The molecular weight excluding hydrogens is 180 g/mol. The summed E-state index contributed by atoms with van der Waals surface area (Å²) in [4.78, 5) is 11.5. The van der Waals surface area contributed by atoms with Gasteiger partial charge in [-0.1, -0.05) is 13.8 Å². The van der Waals surface area contributed by atoms with E-state index >= 15 is 0 Å². The molecule has 1 unspecified atom stereocenters. The molecule has 0 rings (SSSR count). The lowest BCUT2D eigenvalue weighted by atomic mass is 9.92. The Morgan fingerprint density at radius 2 is 2.00 bits per heavy atom. The molecule has 0 saturated carbocycles. The molecule has 4 heteroatoms. The monoisotopic (exact) mass is 202 g/mol. The van der Waals surface area contributed by atoms with Crippen molar-refractivity contribution in [1.29, 1.82) is 0 Å². The Morgan fingerprint density at radius 3 is 2.36 bits per heavy atom. The van der Waals surface area contributed by atoms with Gasteiger partial charge < -0.3 is 16.2 Å². The average molecular weight is 202 g/mol. The molecule has 4 N–H and O–H groups in total. The van der Waals surface area contributed by atoms with Crippen LogP contribution in [0.15, 0.2) is 0 Å². The molecule has 1 amide bonds. The number of hydrogen-bond acceptors (Lipinski definition) is 3. The van der Waals surface area contributed by atoms with Gasteiger partial charge in [-0.2, -0.15) is 0 Å². The quantitative estimate of drug-likeness (QED) is 0.592. The second-order valence-electron chi connectivity index (χ2n) is 4.61. The van der Waals surface area contributed by atoms with E-state index < -0.39 is 11.5 Å². The third-order valence-corrected chi connectivity index (χ3v) is 2.37. The summed E-state index contributed by atoms with van der Waals surface area (Å²) in [5.74, 6) is 0.0380. The molecule has 0 aliphatic rings. The van der Waals surface area contributed by atoms with Crippen molar-refractivity contribution < 1.29 is 9.90 Å². The molecule has 0 aromatic carbocycles. The Balaban J connectivity index is 3.97. The summed E-state index contributed by atoms with van der Waals surface area (Å²) in [5, 5.41) is 12.2. The molecule has 0 heterocycles. The SMILES string of the molecule is CC(C)C(O)CNC(=O)C(C)(C)CN. The number of aliphatic hydroxyl groups excluding tert-OH is 1. The van der Waals surface area contributed by atoms with Gasteiger partial charge in [0.1, 0.15) is 0 Å². The molecule has 0 spiro atoms. The molecule has 84 valence electrons. The molecule has 0 radical (unpaired) electrons. The number of rotatable bonds is 5. The van der Waals surface area contributed by atoms with Gasteiger partial charge in [-0.15, -0.1) is 0 Å². The Bertz CT molecular complexity index is 191. The molecule has 14 heavy (non-hydrogen) atoms. The van der Waals surface area contributed by atoms with Crippen molar-refractivity contribution in [1.82, 2.24) is 5.32 Å². The smallest absolute Gasteiger partial charge is 0.227 e. The number of carbonyl (C=O) groups excluding carboxylic acids is 1. The van der Waals surface area contributed by atoms with Gasteiger partial charge >= 0.3 is 0 Å². The molecule has 0 saturated heterocycles. The van der Waals surface area contributed by atoms with Crippen LogP contribution in [0.5, 0.6) is 0 Å². The van der Waals surface area contributed by atoms with Crippen LogP contribution < -0.4 is 11.1 Å². The first-order valence-corrected chi connectivity index (χ1v) is 4.97. The standard InChI is InChI=1S/C10H22N2O2/c1-7(2)8(13)5-12-9(14)10(3,4)6-11/h7-8,13H,5-6,11H2,1-4H3,(H,12,14). The number of aliphatic hydroxyl groups is 1. The molecular formula is C10H22N2O2. The van der Waals surface area contributed by atoms with Crippen LogP contribution in [-0.2, 0) is 4.79 Å². The second-order valence-corrected chi connectivity index (χ2v) is 4.61. The summed E-state index contributed by atoms with van der Waals surface area (Å²) in [5.41, 5.74) is 4.89. The second kappa shape index (κ2) is 5.32. The molecule has 4 nitrogen and oxygen atoms in total. The summed E-state index contributed by atoms with van der Waals surface area (Å²) in [7, 11) is 0. The normalized spacial score (nSPS) is 14.2. The van der Waals surface area contributed by atoms with Crippen molar-refractivity contribution in [3.63, 3.8) is 0 Å². The predicted molar refractivity (Wildman–Crippen MR) is 56.7 cm³/mol. The maximum absolute atomic E-state index is 11.5. The summed E-state index contributed by atoms with van der Waals surface area (Å²) in [6.07, 6.45) is -0.493. The third-order valence-electron chi connectivity index (χ3n) is 2.37. The van der Waals surface area contributed by atoms with Crippen LogP contribution in [0.25, 0.3) is 0 Å². The molecule has 0 aromatic heterocycles. The van der Waals surface area contributed by atoms with Crippen LogP contribution in [0, 0.1) is 11.3 Å². The Kier molecular flexibility index (Phi) is 5.08. The van der Waals surface area contributed by atoms with Crippen molar-refractivity contribution in [3.8, 4) is 0 Å². The number of hydrogen-bond donors (Lipinski definition) is 3. The van der Waals surface area contributed by atoms with Crippen molar-refractivity contribution >= 4 is 5.91 Å². The number of carbonyl (C=O) groups is 1. The topological polar surface area (TPSA) is 75.3 Å². The van der Waals surface area contributed by atoms with Gasteiger partial charge in [0, 0.05) is 13.1 Å². The maximum Gasteiger partial charge on any atom is 0.227 e. The molecule has 0 aliphatic heterocycles. The number of amides is 1. The lowest BCUT2D eigenvalue weighted by molar-refractivity contribution is -0.129. The van der Waals surface area contributed by atoms with E-state index in [9.17, 15) is 9.90 Å². The van der Waals surface area contributed by atoms with Crippen LogP contribution in [0.1, 0.15) is 27.7 Å². The lowest BCUT2D eigenvalue weighted by Gasteiger charge is -2.23. The molecule has 0 bridgehead atoms. The maximum atomic E-state index is 11.5. The molecule has 0 aromatic rings. The zero-order valence-corrected chi connectivity index (χ0v) is 9.50. The highest BCUT2D eigenvalue weighted by atomic mass is 16.3. The van der Waals surface area contributed by atoms with E-state index in [0.717, 1.165) is 0 Å². The van der Waals surface area contributed by atoms with E-state index in [1.54, 1.807) is 13.8 Å². The van der Waals surface area contributed by atoms with Crippen LogP contribution in [0.3, 0.4) is 0 Å². The highest BCUT2D eigenvalue weighted by Crippen LogP contribution is 2.12. The van der Waals surface area contributed by atoms with Crippen molar-refractivity contribution in [3.05, 3.63) is 0 Å². The van der Waals surface area contributed by atoms with Crippen LogP contribution >= 0.6 is 0 Å². The first-order chi connectivity index (χ1) is 6.31. The largest absolute Gasteiger partial charge is 0.391 e. The third kappa shape index (κ3) is 4.07. The highest BCUT2D eigenvalue weighted by molar-refractivity contribution is 5.82. The molecule has 0 aliphatic carbocycles. The van der Waals surface area contributed by atoms with Crippen LogP contribution in [-0.4, -0.2) is 30.2 Å². The summed E-state index contributed by atoms with van der Waals surface area (Å²) in [6.45, 7) is 7.97. The summed E-state index contributed by atoms with van der Waals surface area (Å²) >= 11 is 0. The fourth-order valence-electron chi connectivity index (χ4n) is 0.765. The van der Waals surface area contributed by atoms with E-state index in [2.05, 4.69) is 5.32 Å². The van der Waals surface area contributed by atoms with Gasteiger partial charge in [-0.3, -0.25) is 4.79 Å². The summed E-state index contributed by atoms with van der Waals surface area (Å²) < 4.78 is 0. The van der Waals surface area contributed by atoms with Gasteiger partial charge in [-0.25, -0.2) is 0 Å². The van der Waals surface area contributed by atoms with E-state index in [1.807, 2.05) is 13.8 Å². The Hall–Kier alpha value is -0.610. The van der Waals surface area contributed by atoms with Gasteiger partial charge in [0.05, 0.1) is 11.5 Å². The van der Waals surface area contributed by atoms with Crippen LogP contribution in [0.4, 0.5) is 0 Å². The minimum absolute atomic E-state index is 0.111. The molecule has 0 fully saturated rings. The zero-order valence-electron chi connectivity index (χ0n) is 9.50.